The Kier molecular flexibility index (Phi) is 4.39. The minimum Gasteiger partial charge on any atom is -0.343 e. The van der Waals surface area contributed by atoms with Gasteiger partial charge in [-0.05, 0) is 24.3 Å². The Morgan fingerprint density at radius 3 is 2.62 bits per heavy atom. The highest BCUT2D eigenvalue weighted by molar-refractivity contribution is 9.10. The molecular weight excluding hydrogens is 388 g/mol. The number of nitrogens with zero attached hydrogens (tertiary/aromatic N) is 3. The lowest BCUT2D eigenvalue weighted by atomic mass is 10.1. The third kappa shape index (κ3) is 2.99. The SMILES string of the molecule is Clc1ccccc1-c1nc(N2CC[NH2+]CC2)nc2ccc(Br)cc12. The van der Waals surface area contributed by atoms with Gasteiger partial charge in [-0.15, -0.1) is 0 Å². The fourth-order valence-electron chi connectivity index (χ4n) is 3.04. The first kappa shape index (κ1) is 15.8. The van der Waals surface area contributed by atoms with Gasteiger partial charge in [0.05, 0.1) is 37.4 Å². The van der Waals surface area contributed by atoms with Gasteiger partial charge >= 0.3 is 0 Å². The molecule has 0 aliphatic carbocycles. The standard InChI is InChI=1S/C18H16BrClN4/c19-12-5-6-16-14(11-12)17(13-3-1-2-4-15(13)20)23-18(22-16)24-9-7-21-8-10-24/h1-6,11,21H,7-10H2/p+1. The molecule has 0 unspecified atom stereocenters. The van der Waals surface area contributed by atoms with Crippen LogP contribution in [0.15, 0.2) is 46.9 Å². The number of quaternary nitrogens is 1. The maximum atomic E-state index is 6.45. The molecule has 4 nitrogen and oxygen atoms in total. The van der Waals surface area contributed by atoms with E-state index in [0.717, 1.165) is 58.8 Å². The molecule has 6 heteroatoms. The van der Waals surface area contributed by atoms with Gasteiger partial charge in [-0.2, -0.15) is 0 Å². The molecule has 2 heterocycles. The van der Waals surface area contributed by atoms with Gasteiger partial charge in [0.15, 0.2) is 0 Å². The fourth-order valence-corrected chi connectivity index (χ4v) is 3.63. The van der Waals surface area contributed by atoms with Crippen molar-refractivity contribution in [2.75, 3.05) is 31.1 Å². The Morgan fingerprint density at radius 1 is 1.04 bits per heavy atom. The summed E-state index contributed by atoms with van der Waals surface area (Å²) >= 11 is 10.00. The first-order valence-electron chi connectivity index (χ1n) is 8.01. The first-order valence-corrected chi connectivity index (χ1v) is 9.18. The van der Waals surface area contributed by atoms with Crippen LogP contribution in [0.5, 0.6) is 0 Å². The Bertz CT molecular complexity index is 893. The van der Waals surface area contributed by atoms with Crippen LogP contribution in [0.25, 0.3) is 22.2 Å². The van der Waals surface area contributed by atoms with E-state index in [9.17, 15) is 0 Å². The molecule has 0 radical (unpaired) electrons. The molecule has 2 N–H and O–H groups in total. The van der Waals surface area contributed by atoms with Crippen LogP contribution in [0.3, 0.4) is 0 Å². The molecule has 1 aromatic heterocycles. The summed E-state index contributed by atoms with van der Waals surface area (Å²) in [7, 11) is 0. The van der Waals surface area contributed by atoms with Crippen molar-refractivity contribution in [3.05, 3.63) is 52.0 Å². The summed E-state index contributed by atoms with van der Waals surface area (Å²) in [4.78, 5) is 11.9. The minimum absolute atomic E-state index is 0.704. The minimum atomic E-state index is 0.704. The van der Waals surface area contributed by atoms with E-state index in [0.29, 0.717) is 5.02 Å². The maximum Gasteiger partial charge on any atom is 0.226 e. The maximum absolute atomic E-state index is 6.45. The average Bonchev–Trinajstić information content (AvgIpc) is 2.62. The first-order chi connectivity index (χ1) is 11.7. The highest BCUT2D eigenvalue weighted by atomic mass is 79.9. The molecule has 0 amide bonds. The number of halogens is 2. The third-order valence-corrected chi connectivity index (χ3v) is 5.09. The van der Waals surface area contributed by atoms with Crippen molar-refractivity contribution >= 4 is 44.4 Å². The van der Waals surface area contributed by atoms with Gasteiger partial charge in [0.1, 0.15) is 0 Å². The molecule has 0 bridgehead atoms. The normalized spacial score (nSPS) is 15.0. The van der Waals surface area contributed by atoms with E-state index >= 15 is 0 Å². The molecule has 0 atom stereocenters. The number of rotatable bonds is 2. The molecule has 24 heavy (non-hydrogen) atoms. The topological polar surface area (TPSA) is 45.6 Å². The predicted octanol–water partition coefficient (Wildman–Crippen LogP) is 3.10. The summed E-state index contributed by atoms with van der Waals surface area (Å²) in [6.07, 6.45) is 0. The quantitative estimate of drug-likeness (QED) is 0.714. The van der Waals surface area contributed by atoms with Crippen molar-refractivity contribution in [3.63, 3.8) is 0 Å². The van der Waals surface area contributed by atoms with Crippen molar-refractivity contribution in [1.29, 1.82) is 0 Å². The smallest absolute Gasteiger partial charge is 0.226 e. The van der Waals surface area contributed by atoms with Crippen LogP contribution in [0.1, 0.15) is 0 Å². The van der Waals surface area contributed by atoms with E-state index in [2.05, 4.69) is 32.2 Å². The molecular formula is C18H17BrClN4+. The van der Waals surface area contributed by atoms with Crippen LogP contribution in [-0.2, 0) is 0 Å². The summed E-state index contributed by atoms with van der Waals surface area (Å²) in [5, 5.41) is 4.03. The van der Waals surface area contributed by atoms with Gasteiger partial charge in [-0.1, -0.05) is 45.7 Å². The van der Waals surface area contributed by atoms with Gasteiger partial charge in [0.2, 0.25) is 5.95 Å². The summed E-state index contributed by atoms with van der Waals surface area (Å²) in [6.45, 7) is 4.07. The molecule has 3 aromatic rings. The van der Waals surface area contributed by atoms with Crippen LogP contribution < -0.4 is 10.2 Å². The third-order valence-electron chi connectivity index (χ3n) is 4.26. The van der Waals surface area contributed by atoms with Crippen molar-refractivity contribution < 1.29 is 5.32 Å². The van der Waals surface area contributed by atoms with Crippen LogP contribution in [0.2, 0.25) is 5.02 Å². The highest BCUT2D eigenvalue weighted by Crippen LogP contribution is 2.34. The van der Waals surface area contributed by atoms with E-state index in [1.165, 1.54) is 0 Å². The summed E-state index contributed by atoms with van der Waals surface area (Å²) in [5.74, 6) is 0.785. The van der Waals surface area contributed by atoms with Crippen molar-refractivity contribution in [2.45, 2.75) is 0 Å². The van der Waals surface area contributed by atoms with E-state index in [-0.39, 0.29) is 0 Å². The highest BCUT2D eigenvalue weighted by Gasteiger charge is 2.19. The van der Waals surface area contributed by atoms with Gasteiger partial charge in [0, 0.05) is 20.4 Å². The molecule has 1 saturated heterocycles. The number of anilines is 1. The van der Waals surface area contributed by atoms with E-state index in [1.807, 2.05) is 36.4 Å². The predicted molar refractivity (Wildman–Crippen MR) is 102 cm³/mol. The van der Waals surface area contributed by atoms with Crippen LogP contribution in [0.4, 0.5) is 5.95 Å². The Balaban J connectivity index is 1.95. The number of fused-ring (bicyclic) bond motifs is 1. The zero-order chi connectivity index (χ0) is 16.5. The molecule has 2 aromatic carbocycles. The Morgan fingerprint density at radius 2 is 1.83 bits per heavy atom. The Hall–Kier alpha value is -1.69. The zero-order valence-corrected chi connectivity index (χ0v) is 15.4. The van der Waals surface area contributed by atoms with Crippen LogP contribution in [-0.4, -0.2) is 36.1 Å². The second-order valence-electron chi connectivity index (χ2n) is 5.87. The second kappa shape index (κ2) is 6.67. The lowest BCUT2D eigenvalue weighted by molar-refractivity contribution is -0.655. The van der Waals surface area contributed by atoms with Gasteiger partial charge in [0.25, 0.3) is 0 Å². The van der Waals surface area contributed by atoms with Crippen LogP contribution >= 0.6 is 27.5 Å². The van der Waals surface area contributed by atoms with E-state index < -0.39 is 0 Å². The molecule has 0 saturated carbocycles. The zero-order valence-electron chi connectivity index (χ0n) is 13.0. The summed E-state index contributed by atoms with van der Waals surface area (Å²) in [6, 6.07) is 13.9. The molecule has 1 fully saturated rings. The Labute approximate surface area is 154 Å². The molecule has 122 valence electrons. The molecule has 0 spiro atoms. The monoisotopic (exact) mass is 403 g/mol. The largest absolute Gasteiger partial charge is 0.343 e. The van der Waals surface area contributed by atoms with Crippen molar-refractivity contribution in [1.82, 2.24) is 9.97 Å². The molecule has 1 aliphatic heterocycles. The number of hydrogen-bond acceptors (Lipinski definition) is 3. The van der Waals surface area contributed by atoms with E-state index in [4.69, 9.17) is 21.6 Å². The number of piperazine rings is 1. The van der Waals surface area contributed by atoms with Crippen molar-refractivity contribution in [3.8, 4) is 11.3 Å². The van der Waals surface area contributed by atoms with Crippen LogP contribution in [0, 0.1) is 0 Å². The number of aromatic nitrogens is 2. The van der Waals surface area contributed by atoms with Gasteiger partial charge in [-0.25, -0.2) is 9.97 Å². The lowest BCUT2D eigenvalue weighted by Gasteiger charge is -2.26. The van der Waals surface area contributed by atoms with Gasteiger partial charge < -0.3 is 10.2 Å². The second-order valence-corrected chi connectivity index (χ2v) is 7.19. The average molecular weight is 405 g/mol. The molecule has 4 rings (SSSR count). The summed E-state index contributed by atoms with van der Waals surface area (Å²) < 4.78 is 1.01. The van der Waals surface area contributed by atoms with E-state index in [1.54, 1.807) is 0 Å². The van der Waals surface area contributed by atoms with Crippen molar-refractivity contribution in [2.24, 2.45) is 0 Å². The number of hydrogen-bond donors (Lipinski definition) is 1. The number of nitrogens with two attached hydrogens (primary N) is 1. The lowest BCUT2D eigenvalue weighted by Crippen LogP contribution is -2.89. The summed E-state index contributed by atoms with van der Waals surface area (Å²) in [5.41, 5.74) is 2.76. The fraction of sp³-hybridized carbons (Fsp3) is 0.222. The number of benzene rings is 2. The molecule has 1 aliphatic rings. The van der Waals surface area contributed by atoms with Gasteiger partial charge in [-0.3, -0.25) is 0 Å².